The Hall–Kier alpha value is -2.50. The van der Waals surface area contributed by atoms with Crippen molar-refractivity contribution in [2.45, 2.75) is 0 Å². The van der Waals surface area contributed by atoms with Gasteiger partial charge in [-0.15, -0.1) is 11.3 Å². The van der Waals surface area contributed by atoms with E-state index in [4.69, 9.17) is 4.98 Å². The molecule has 1 aliphatic rings. The van der Waals surface area contributed by atoms with E-state index in [0.717, 1.165) is 49.1 Å². The van der Waals surface area contributed by atoms with Gasteiger partial charge in [-0.1, -0.05) is 42.5 Å². The van der Waals surface area contributed by atoms with Crippen molar-refractivity contribution in [2.24, 2.45) is 0 Å². The SMILES string of the molecule is Fc1ccc(-c2csc(N3CCN(C/C=C/c4ccccc4)CC3)n2)cc1. The first-order valence-electron chi connectivity index (χ1n) is 9.18. The van der Waals surface area contributed by atoms with Gasteiger partial charge in [0, 0.05) is 43.7 Å². The normalized spacial score (nSPS) is 15.5. The van der Waals surface area contributed by atoms with E-state index >= 15 is 0 Å². The van der Waals surface area contributed by atoms with Crippen LogP contribution in [0.3, 0.4) is 0 Å². The van der Waals surface area contributed by atoms with Gasteiger partial charge in [0.25, 0.3) is 0 Å². The standard InChI is InChI=1S/C22H22FN3S/c23-20-10-8-19(9-11-20)21-17-27-22(24-21)26-15-13-25(14-16-26)12-4-7-18-5-2-1-3-6-18/h1-11,17H,12-16H2/b7-4+. The summed E-state index contributed by atoms with van der Waals surface area (Å²) >= 11 is 1.66. The minimum Gasteiger partial charge on any atom is -0.346 e. The van der Waals surface area contributed by atoms with Gasteiger partial charge < -0.3 is 4.90 Å². The van der Waals surface area contributed by atoms with Crippen LogP contribution < -0.4 is 4.90 Å². The number of halogens is 1. The molecule has 1 saturated heterocycles. The third kappa shape index (κ3) is 4.62. The fraction of sp³-hybridized carbons (Fsp3) is 0.227. The summed E-state index contributed by atoms with van der Waals surface area (Å²) in [4.78, 5) is 9.56. The van der Waals surface area contributed by atoms with Crippen molar-refractivity contribution in [3.63, 3.8) is 0 Å². The smallest absolute Gasteiger partial charge is 0.185 e. The van der Waals surface area contributed by atoms with E-state index in [1.807, 2.05) is 6.07 Å². The van der Waals surface area contributed by atoms with Crippen LogP contribution in [-0.2, 0) is 0 Å². The number of hydrogen-bond donors (Lipinski definition) is 0. The Morgan fingerprint density at radius 1 is 0.963 bits per heavy atom. The van der Waals surface area contributed by atoms with E-state index in [-0.39, 0.29) is 5.82 Å². The number of nitrogens with zero attached hydrogens (tertiary/aromatic N) is 3. The highest BCUT2D eigenvalue weighted by atomic mass is 32.1. The molecule has 0 aliphatic carbocycles. The molecule has 3 aromatic rings. The zero-order valence-electron chi connectivity index (χ0n) is 15.1. The number of piperazine rings is 1. The predicted molar refractivity (Wildman–Crippen MR) is 112 cm³/mol. The monoisotopic (exact) mass is 379 g/mol. The van der Waals surface area contributed by atoms with Gasteiger partial charge in [-0.3, -0.25) is 4.90 Å². The average molecular weight is 380 g/mol. The molecule has 5 heteroatoms. The lowest BCUT2D eigenvalue weighted by molar-refractivity contribution is 0.284. The average Bonchev–Trinajstić information content (AvgIpc) is 3.20. The summed E-state index contributed by atoms with van der Waals surface area (Å²) in [5.41, 5.74) is 3.12. The molecule has 138 valence electrons. The molecule has 0 bridgehead atoms. The van der Waals surface area contributed by atoms with Crippen molar-refractivity contribution in [3.8, 4) is 11.3 Å². The molecule has 0 unspecified atom stereocenters. The molecule has 0 radical (unpaired) electrons. The highest BCUT2D eigenvalue weighted by molar-refractivity contribution is 7.14. The lowest BCUT2D eigenvalue weighted by Crippen LogP contribution is -2.46. The maximum atomic E-state index is 13.1. The second kappa shape index (κ2) is 8.46. The first-order chi connectivity index (χ1) is 13.3. The van der Waals surface area contributed by atoms with Gasteiger partial charge in [0.1, 0.15) is 5.82 Å². The van der Waals surface area contributed by atoms with Crippen LogP contribution in [0.1, 0.15) is 5.56 Å². The van der Waals surface area contributed by atoms with Crippen LogP contribution in [0.2, 0.25) is 0 Å². The Labute approximate surface area is 163 Å². The molecule has 0 N–H and O–H groups in total. The zero-order valence-corrected chi connectivity index (χ0v) is 15.9. The van der Waals surface area contributed by atoms with Crippen molar-refractivity contribution < 1.29 is 4.39 Å². The second-order valence-electron chi connectivity index (χ2n) is 6.62. The van der Waals surface area contributed by atoms with Crippen LogP contribution in [0.15, 0.2) is 66.1 Å². The van der Waals surface area contributed by atoms with Gasteiger partial charge >= 0.3 is 0 Å². The molecule has 0 atom stereocenters. The lowest BCUT2D eigenvalue weighted by atomic mass is 10.2. The van der Waals surface area contributed by atoms with Crippen LogP contribution in [0.25, 0.3) is 17.3 Å². The molecule has 27 heavy (non-hydrogen) atoms. The Morgan fingerprint density at radius 2 is 1.70 bits per heavy atom. The fourth-order valence-electron chi connectivity index (χ4n) is 3.19. The minimum atomic E-state index is -0.216. The summed E-state index contributed by atoms with van der Waals surface area (Å²) in [6.07, 6.45) is 4.42. The maximum Gasteiger partial charge on any atom is 0.185 e. The second-order valence-corrected chi connectivity index (χ2v) is 7.46. The Kier molecular flexibility index (Phi) is 5.61. The quantitative estimate of drug-likeness (QED) is 0.636. The van der Waals surface area contributed by atoms with Gasteiger partial charge in [0.05, 0.1) is 5.69 Å². The predicted octanol–water partition coefficient (Wildman–Crippen LogP) is 4.78. The first-order valence-corrected chi connectivity index (χ1v) is 10.1. The molecule has 0 saturated carbocycles. The van der Waals surface area contributed by atoms with E-state index in [1.54, 1.807) is 23.5 Å². The third-order valence-corrected chi connectivity index (χ3v) is 5.65. The lowest BCUT2D eigenvalue weighted by Gasteiger charge is -2.33. The van der Waals surface area contributed by atoms with Crippen LogP contribution in [-0.4, -0.2) is 42.6 Å². The molecular formula is C22H22FN3S. The van der Waals surface area contributed by atoms with Gasteiger partial charge in [0.2, 0.25) is 0 Å². The van der Waals surface area contributed by atoms with Crippen LogP contribution >= 0.6 is 11.3 Å². The van der Waals surface area contributed by atoms with Gasteiger partial charge in [-0.25, -0.2) is 9.37 Å². The van der Waals surface area contributed by atoms with Crippen LogP contribution in [0.4, 0.5) is 9.52 Å². The highest BCUT2D eigenvalue weighted by Crippen LogP contribution is 2.28. The zero-order chi connectivity index (χ0) is 18.5. The van der Waals surface area contributed by atoms with E-state index in [0.29, 0.717) is 0 Å². The number of anilines is 1. The molecule has 2 heterocycles. The Balaban J connectivity index is 1.30. The third-order valence-electron chi connectivity index (χ3n) is 4.75. The summed E-state index contributed by atoms with van der Waals surface area (Å²) in [5, 5.41) is 3.10. The van der Waals surface area contributed by atoms with E-state index in [1.165, 1.54) is 17.7 Å². The van der Waals surface area contributed by atoms with Crippen LogP contribution in [0.5, 0.6) is 0 Å². The molecular weight excluding hydrogens is 357 g/mol. The maximum absolute atomic E-state index is 13.1. The minimum absolute atomic E-state index is 0.216. The van der Waals surface area contributed by atoms with Gasteiger partial charge in [-0.2, -0.15) is 0 Å². The fourth-order valence-corrected chi connectivity index (χ4v) is 4.08. The molecule has 3 nitrogen and oxygen atoms in total. The number of hydrogen-bond acceptors (Lipinski definition) is 4. The number of rotatable bonds is 5. The Morgan fingerprint density at radius 3 is 2.44 bits per heavy atom. The number of aromatic nitrogens is 1. The molecule has 0 amide bonds. The van der Waals surface area contributed by atoms with Gasteiger partial charge in [0.15, 0.2) is 5.13 Å². The summed E-state index contributed by atoms with van der Waals surface area (Å²) in [6, 6.07) is 16.9. The molecule has 4 rings (SSSR count). The molecule has 1 aromatic heterocycles. The van der Waals surface area contributed by atoms with Crippen LogP contribution in [0, 0.1) is 5.82 Å². The van der Waals surface area contributed by atoms with E-state index in [2.05, 4.69) is 51.6 Å². The van der Waals surface area contributed by atoms with Crippen molar-refractivity contribution in [2.75, 3.05) is 37.6 Å². The Bertz CT molecular complexity index is 881. The summed E-state index contributed by atoms with van der Waals surface area (Å²) < 4.78 is 13.1. The van der Waals surface area contributed by atoms with Crippen molar-refractivity contribution >= 4 is 22.5 Å². The summed E-state index contributed by atoms with van der Waals surface area (Å²) in [5.74, 6) is -0.216. The molecule has 1 fully saturated rings. The molecule has 0 spiro atoms. The highest BCUT2D eigenvalue weighted by Gasteiger charge is 2.19. The topological polar surface area (TPSA) is 19.4 Å². The molecule has 2 aromatic carbocycles. The summed E-state index contributed by atoms with van der Waals surface area (Å²) in [6.45, 7) is 5.00. The van der Waals surface area contributed by atoms with Crippen molar-refractivity contribution in [3.05, 3.63) is 77.4 Å². The van der Waals surface area contributed by atoms with Gasteiger partial charge in [-0.05, 0) is 29.8 Å². The van der Waals surface area contributed by atoms with E-state index < -0.39 is 0 Å². The van der Waals surface area contributed by atoms with E-state index in [9.17, 15) is 4.39 Å². The number of thiazole rings is 1. The van der Waals surface area contributed by atoms with Crippen molar-refractivity contribution in [1.82, 2.24) is 9.88 Å². The summed E-state index contributed by atoms with van der Waals surface area (Å²) in [7, 11) is 0. The molecule has 1 aliphatic heterocycles. The number of benzene rings is 2. The first kappa shape index (κ1) is 17.9. The van der Waals surface area contributed by atoms with Crippen molar-refractivity contribution in [1.29, 1.82) is 0 Å². The largest absolute Gasteiger partial charge is 0.346 e.